The van der Waals surface area contributed by atoms with Gasteiger partial charge in [-0.05, 0) is 87.6 Å². The van der Waals surface area contributed by atoms with E-state index in [1.54, 1.807) is 11.3 Å². The lowest BCUT2D eigenvalue weighted by Crippen LogP contribution is -2.09. The molecule has 0 amide bonds. The molecule has 51 heavy (non-hydrogen) atoms. The largest absolute Gasteiger partial charge is 0.456 e. The van der Waals surface area contributed by atoms with Gasteiger partial charge >= 0.3 is 0 Å². The van der Waals surface area contributed by atoms with E-state index in [0.717, 1.165) is 59.8 Å². The van der Waals surface area contributed by atoms with Crippen molar-refractivity contribution < 1.29 is 4.42 Å². The number of benzene rings is 8. The predicted octanol–water partition coefficient (Wildman–Crippen LogP) is 13.8. The van der Waals surface area contributed by atoms with Gasteiger partial charge in [0.15, 0.2) is 0 Å². The summed E-state index contributed by atoms with van der Waals surface area (Å²) in [5.41, 5.74) is 11.8. The van der Waals surface area contributed by atoms with E-state index < -0.39 is 0 Å². The zero-order valence-electron chi connectivity index (χ0n) is 27.5. The second-order valence-electron chi connectivity index (χ2n) is 12.8. The number of rotatable bonds is 6. The molecular weight excluding hydrogens is 641 g/mol. The minimum absolute atomic E-state index is 0.850. The van der Waals surface area contributed by atoms with Crippen molar-refractivity contribution >= 4 is 71.3 Å². The first-order valence-corrected chi connectivity index (χ1v) is 17.9. The Morgan fingerprint density at radius 1 is 0.431 bits per heavy atom. The highest BCUT2D eigenvalue weighted by atomic mass is 32.1. The van der Waals surface area contributed by atoms with Crippen LogP contribution < -0.4 is 4.90 Å². The lowest BCUT2D eigenvalue weighted by molar-refractivity contribution is 0.669. The molecule has 10 rings (SSSR count). The number of nitrogens with zero attached hydrogens (tertiary/aromatic N) is 2. The van der Waals surface area contributed by atoms with Crippen LogP contribution in [0.5, 0.6) is 0 Å². The van der Waals surface area contributed by atoms with Crippen molar-refractivity contribution in [2.45, 2.75) is 0 Å². The molecule has 2 aromatic heterocycles. The van der Waals surface area contributed by atoms with E-state index in [1.165, 1.54) is 33.0 Å². The summed E-state index contributed by atoms with van der Waals surface area (Å²) in [5, 5.41) is 5.71. The number of furan rings is 1. The van der Waals surface area contributed by atoms with Crippen LogP contribution in [0.2, 0.25) is 0 Å². The smallest absolute Gasteiger partial charge is 0.137 e. The van der Waals surface area contributed by atoms with Crippen LogP contribution in [0, 0.1) is 0 Å². The summed E-state index contributed by atoms with van der Waals surface area (Å²) >= 11 is 1.72. The van der Waals surface area contributed by atoms with Crippen molar-refractivity contribution in [1.82, 2.24) is 4.98 Å². The summed E-state index contributed by atoms with van der Waals surface area (Å²) in [5.74, 6) is 0. The number of anilines is 3. The highest BCUT2D eigenvalue weighted by Gasteiger charge is 2.19. The summed E-state index contributed by atoms with van der Waals surface area (Å²) in [7, 11) is 0. The molecule has 0 N–H and O–H groups in total. The second-order valence-corrected chi connectivity index (χ2v) is 13.8. The van der Waals surface area contributed by atoms with Crippen molar-refractivity contribution in [1.29, 1.82) is 0 Å². The molecule has 0 atom stereocenters. The molecule has 2 heterocycles. The molecule has 0 spiro atoms. The maximum absolute atomic E-state index is 6.58. The van der Waals surface area contributed by atoms with E-state index in [-0.39, 0.29) is 0 Å². The first-order valence-electron chi connectivity index (χ1n) is 17.1. The van der Waals surface area contributed by atoms with Crippen molar-refractivity contribution in [2.75, 3.05) is 4.90 Å². The molecule has 4 heteroatoms. The van der Waals surface area contributed by atoms with E-state index in [4.69, 9.17) is 9.40 Å². The van der Waals surface area contributed by atoms with Crippen LogP contribution >= 0.6 is 11.3 Å². The van der Waals surface area contributed by atoms with Gasteiger partial charge in [0, 0.05) is 39.5 Å². The first-order chi connectivity index (χ1) is 25.2. The van der Waals surface area contributed by atoms with E-state index in [1.807, 2.05) is 6.07 Å². The van der Waals surface area contributed by atoms with Gasteiger partial charge in [0.1, 0.15) is 16.2 Å². The summed E-state index contributed by atoms with van der Waals surface area (Å²) in [6.07, 6.45) is 0. The van der Waals surface area contributed by atoms with Crippen LogP contribution in [-0.2, 0) is 0 Å². The quantitative estimate of drug-likeness (QED) is 0.176. The molecule has 0 bridgehead atoms. The minimum Gasteiger partial charge on any atom is -0.456 e. The monoisotopic (exact) mass is 670 g/mol. The molecule has 0 fully saturated rings. The van der Waals surface area contributed by atoms with E-state index >= 15 is 0 Å². The molecule has 0 saturated carbocycles. The molecule has 0 aliphatic rings. The topological polar surface area (TPSA) is 29.3 Å². The van der Waals surface area contributed by atoms with Crippen LogP contribution in [-0.4, -0.2) is 4.98 Å². The number of fused-ring (bicyclic) bond motifs is 6. The molecule has 3 nitrogen and oxygen atoms in total. The Morgan fingerprint density at radius 2 is 1.02 bits per heavy atom. The molecule has 10 aromatic rings. The molecule has 0 saturated heterocycles. The number of hydrogen-bond acceptors (Lipinski definition) is 4. The lowest BCUT2D eigenvalue weighted by Gasteiger charge is -2.26. The minimum atomic E-state index is 0.850. The standard InChI is InChI=1S/C47H30N2OS/c1-3-9-31(10-4-1)33-17-21-38(22-18-33)49(39-23-19-34(20-24-39)37-16-15-32-11-7-8-14-36(32)29-37)40-25-26-41-44(30-40)50-43-28-27-42-46(45(41)43)51-47(48-42)35-12-5-2-6-13-35/h1-30H. The molecule has 0 aliphatic carbocycles. The van der Waals surface area contributed by atoms with Crippen molar-refractivity contribution in [2.24, 2.45) is 0 Å². The Labute approximate surface area is 299 Å². The Bertz CT molecular complexity index is 2840. The number of thiazole rings is 1. The fourth-order valence-electron chi connectivity index (χ4n) is 7.13. The summed E-state index contributed by atoms with van der Waals surface area (Å²) in [6, 6.07) is 64.4. The maximum atomic E-state index is 6.58. The first kappa shape index (κ1) is 29.4. The van der Waals surface area contributed by atoms with Gasteiger partial charge in [-0.3, -0.25) is 0 Å². The zero-order valence-corrected chi connectivity index (χ0v) is 28.3. The van der Waals surface area contributed by atoms with Crippen LogP contribution in [0.3, 0.4) is 0 Å². The summed E-state index contributed by atoms with van der Waals surface area (Å²) in [4.78, 5) is 7.29. The van der Waals surface area contributed by atoms with Gasteiger partial charge in [0.2, 0.25) is 0 Å². The molecule has 8 aromatic carbocycles. The fraction of sp³-hybridized carbons (Fsp3) is 0. The van der Waals surface area contributed by atoms with E-state index in [9.17, 15) is 0 Å². The molecule has 0 unspecified atom stereocenters. The van der Waals surface area contributed by atoms with Gasteiger partial charge in [-0.25, -0.2) is 4.98 Å². The Kier molecular flexibility index (Phi) is 7.00. The third-order valence-electron chi connectivity index (χ3n) is 9.69. The van der Waals surface area contributed by atoms with E-state index in [0.29, 0.717) is 0 Å². The molecule has 0 aliphatic heterocycles. The Morgan fingerprint density at radius 3 is 1.75 bits per heavy atom. The number of hydrogen-bond donors (Lipinski definition) is 0. The lowest BCUT2D eigenvalue weighted by atomic mass is 10.0. The third kappa shape index (κ3) is 5.25. The van der Waals surface area contributed by atoms with Gasteiger partial charge in [0.25, 0.3) is 0 Å². The highest BCUT2D eigenvalue weighted by Crippen LogP contribution is 2.43. The van der Waals surface area contributed by atoms with Crippen LogP contribution in [0.25, 0.3) is 75.8 Å². The summed E-state index contributed by atoms with van der Waals surface area (Å²) in [6.45, 7) is 0. The van der Waals surface area contributed by atoms with Gasteiger partial charge in [-0.15, -0.1) is 11.3 Å². The fourth-order valence-corrected chi connectivity index (χ4v) is 8.25. The molecule has 0 radical (unpaired) electrons. The number of aromatic nitrogens is 1. The average Bonchev–Trinajstić information content (AvgIpc) is 3.81. The van der Waals surface area contributed by atoms with Crippen molar-refractivity contribution in [3.05, 3.63) is 182 Å². The van der Waals surface area contributed by atoms with Crippen LogP contribution in [0.4, 0.5) is 17.1 Å². The average molecular weight is 671 g/mol. The Balaban J connectivity index is 1.08. The van der Waals surface area contributed by atoms with Crippen LogP contribution in [0.1, 0.15) is 0 Å². The highest BCUT2D eigenvalue weighted by molar-refractivity contribution is 7.22. The van der Waals surface area contributed by atoms with Crippen LogP contribution in [0.15, 0.2) is 186 Å². The van der Waals surface area contributed by atoms with E-state index in [2.05, 4.69) is 181 Å². The maximum Gasteiger partial charge on any atom is 0.137 e. The van der Waals surface area contributed by atoms with Gasteiger partial charge in [-0.2, -0.15) is 0 Å². The second kappa shape index (κ2) is 12.1. The SMILES string of the molecule is c1ccc(-c2ccc(N(c3ccc(-c4ccc5ccccc5c4)cc3)c3ccc4c(c3)oc3ccc5nc(-c6ccccc6)sc5c34)cc2)cc1. The van der Waals surface area contributed by atoms with Gasteiger partial charge in [0.05, 0.1) is 10.2 Å². The molecular formula is C47H30N2OS. The third-order valence-corrected chi connectivity index (χ3v) is 10.8. The van der Waals surface area contributed by atoms with Crippen molar-refractivity contribution in [3.8, 4) is 32.8 Å². The van der Waals surface area contributed by atoms with Gasteiger partial charge in [-0.1, -0.05) is 121 Å². The summed E-state index contributed by atoms with van der Waals surface area (Å²) < 4.78 is 7.73. The van der Waals surface area contributed by atoms with Crippen molar-refractivity contribution in [3.63, 3.8) is 0 Å². The molecule has 240 valence electrons. The normalized spacial score (nSPS) is 11.5. The Hall–Kier alpha value is -6.49. The van der Waals surface area contributed by atoms with Gasteiger partial charge < -0.3 is 9.32 Å². The zero-order chi connectivity index (χ0) is 33.7. The predicted molar refractivity (Wildman–Crippen MR) is 215 cm³/mol.